The minimum atomic E-state index is 0.634. The molecular weight excluding hydrogens is 214 g/mol. The number of thioether (sulfide) groups is 1. The fraction of sp³-hybridized carbons (Fsp3) is 0.455. The number of halogens is 1. The summed E-state index contributed by atoms with van der Waals surface area (Å²) >= 11 is 7.90. The molecule has 0 unspecified atom stereocenters. The van der Waals surface area contributed by atoms with Gasteiger partial charge in [0.15, 0.2) is 0 Å². The Bertz CT molecular complexity index is 297. The van der Waals surface area contributed by atoms with Gasteiger partial charge in [0, 0.05) is 15.8 Å². The second-order valence-electron chi connectivity index (χ2n) is 3.25. The summed E-state index contributed by atoms with van der Waals surface area (Å²) in [5, 5.41) is 1.44. The fourth-order valence-electron chi connectivity index (χ4n) is 1.25. The molecule has 0 saturated carbocycles. The summed E-state index contributed by atoms with van der Waals surface area (Å²) in [5.74, 6) is 0. The highest BCUT2D eigenvalue weighted by Crippen LogP contribution is 2.34. The molecule has 0 aromatic heterocycles. The number of hydrogen-bond donors (Lipinski definition) is 1. The van der Waals surface area contributed by atoms with Crippen molar-refractivity contribution in [3.8, 4) is 0 Å². The maximum atomic E-state index is 6.08. The molecule has 1 rings (SSSR count). The van der Waals surface area contributed by atoms with Gasteiger partial charge < -0.3 is 5.73 Å². The number of hydrogen-bond acceptors (Lipinski definition) is 2. The van der Waals surface area contributed by atoms with Gasteiger partial charge in [-0.3, -0.25) is 0 Å². The van der Waals surface area contributed by atoms with E-state index in [1.807, 2.05) is 30.0 Å². The Morgan fingerprint density at radius 1 is 1.36 bits per heavy atom. The molecule has 0 aliphatic carbocycles. The minimum Gasteiger partial charge on any atom is -0.399 e. The Balaban J connectivity index is 2.79. The van der Waals surface area contributed by atoms with Crippen LogP contribution in [-0.2, 0) is 0 Å². The van der Waals surface area contributed by atoms with E-state index in [0.717, 1.165) is 28.4 Å². The molecule has 1 aromatic rings. The lowest BCUT2D eigenvalue weighted by atomic mass is 10.3. The molecule has 1 nitrogen and oxygen atoms in total. The first-order chi connectivity index (χ1) is 6.67. The third-order valence-electron chi connectivity index (χ3n) is 2.16. The van der Waals surface area contributed by atoms with E-state index in [2.05, 4.69) is 13.8 Å². The third kappa shape index (κ3) is 3.10. The standard InChI is InChI=1S/C11H16ClNS/c1-3-9(4-2)14-11-7-8(13)5-6-10(11)12/h5-7,9H,3-4,13H2,1-2H3. The van der Waals surface area contributed by atoms with E-state index in [1.165, 1.54) is 0 Å². The van der Waals surface area contributed by atoms with Crippen LogP contribution in [0, 0.1) is 0 Å². The van der Waals surface area contributed by atoms with Gasteiger partial charge in [0.25, 0.3) is 0 Å². The van der Waals surface area contributed by atoms with Gasteiger partial charge in [-0.2, -0.15) is 0 Å². The van der Waals surface area contributed by atoms with E-state index in [-0.39, 0.29) is 0 Å². The molecule has 3 heteroatoms. The molecule has 0 aliphatic heterocycles. The van der Waals surface area contributed by atoms with Gasteiger partial charge >= 0.3 is 0 Å². The zero-order chi connectivity index (χ0) is 10.6. The van der Waals surface area contributed by atoms with Crippen molar-refractivity contribution in [2.45, 2.75) is 36.8 Å². The monoisotopic (exact) mass is 229 g/mol. The van der Waals surface area contributed by atoms with E-state index >= 15 is 0 Å². The molecule has 0 bridgehead atoms. The van der Waals surface area contributed by atoms with Crippen LogP contribution in [0.4, 0.5) is 5.69 Å². The summed E-state index contributed by atoms with van der Waals surface area (Å²) in [6.07, 6.45) is 2.32. The van der Waals surface area contributed by atoms with Gasteiger partial charge in [-0.05, 0) is 31.0 Å². The van der Waals surface area contributed by atoms with Gasteiger partial charge in [-0.1, -0.05) is 25.4 Å². The quantitative estimate of drug-likeness (QED) is 0.619. The topological polar surface area (TPSA) is 26.0 Å². The Kier molecular flexibility index (Phi) is 4.63. The molecule has 0 heterocycles. The number of rotatable bonds is 4. The molecule has 0 fully saturated rings. The predicted molar refractivity (Wildman–Crippen MR) is 66.1 cm³/mol. The fourth-order valence-corrected chi connectivity index (χ4v) is 2.57. The van der Waals surface area contributed by atoms with Gasteiger partial charge in [-0.25, -0.2) is 0 Å². The Morgan fingerprint density at radius 3 is 2.57 bits per heavy atom. The lowest BCUT2D eigenvalue weighted by molar-refractivity contribution is 0.792. The zero-order valence-corrected chi connectivity index (χ0v) is 10.2. The average Bonchev–Trinajstić information content (AvgIpc) is 2.19. The van der Waals surface area contributed by atoms with E-state index in [9.17, 15) is 0 Å². The Morgan fingerprint density at radius 2 is 2.00 bits per heavy atom. The summed E-state index contributed by atoms with van der Waals surface area (Å²) in [6.45, 7) is 4.39. The largest absolute Gasteiger partial charge is 0.399 e. The van der Waals surface area contributed by atoms with Crippen LogP contribution in [0.2, 0.25) is 5.02 Å². The van der Waals surface area contributed by atoms with Gasteiger partial charge in [0.2, 0.25) is 0 Å². The van der Waals surface area contributed by atoms with Crippen LogP contribution < -0.4 is 5.73 Å². The Labute approximate surface area is 95.0 Å². The highest BCUT2D eigenvalue weighted by molar-refractivity contribution is 8.00. The molecule has 2 N–H and O–H groups in total. The van der Waals surface area contributed by atoms with Crippen LogP contribution in [0.3, 0.4) is 0 Å². The summed E-state index contributed by atoms with van der Waals surface area (Å²) < 4.78 is 0. The number of nitrogen functional groups attached to an aromatic ring is 1. The second kappa shape index (κ2) is 5.52. The maximum absolute atomic E-state index is 6.08. The van der Waals surface area contributed by atoms with Crippen LogP contribution in [0.1, 0.15) is 26.7 Å². The summed E-state index contributed by atoms with van der Waals surface area (Å²) in [4.78, 5) is 1.10. The maximum Gasteiger partial charge on any atom is 0.0543 e. The van der Waals surface area contributed by atoms with Crippen molar-refractivity contribution in [3.05, 3.63) is 23.2 Å². The highest BCUT2D eigenvalue weighted by Gasteiger charge is 2.08. The van der Waals surface area contributed by atoms with Crippen LogP contribution >= 0.6 is 23.4 Å². The first-order valence-corrected chi connectivity index (χ1v) is 6.14. The lowest BCUT2D eigenvalue weighted by Crippen LogP contribution is -1.98. The predicted octanol–water partition coefficient (Wildman–Crippen LogP) is 4.20. The second-order valence-corrected chi connectivity index (χ2v) is 5.00. The smallest absolute Gasteiger partial charge is 0.0543 e. The number of benzene rings is 1. The summed E-state index contributed by atoms with van der Waals surface area (Å²) in [5.41, 5.74) is 6.49. The van der Waals surface area contributed by atoms with Gasteiger partial charge in [-0.15, -0.1) is 11.8 Å². The van der Waals surface area contributed by atoms with Crippen molar-refractivity contribution < 1.29 is 0 Å². The SMILES string of the molecule is CCC(CC)Sc1cc(N)ccc1Cl. The van der Waals surface area contributed by atoms with Crippen LogP contribution in [0.25, 0.3) is 0 Å². The van der Waals surface area contributed by atoms with Crippen LogP contribution in [-0.4, -0.2) is 5.25 Å². The minimum absolute atomic E-state index is 0.634. The Hall–Kier alpha value is -0.340. The molecule has 0 aliphatic rings. The molecular formula is C11H16ClNS. The van der Waals surface area contributed by atoms with Gasteiger partial charge in [0.05, 0.1) is 5.02 Å². The highest BCUT2D eigenvalue weighted by atomic mass is 35.5. The third-order valence-corrected chi connectivity index (χ3v) is 4.19. The first-order valence-electron chi connectivity index (χ1n) is 4.89. The normalized spacial score (nSPS) is 10.9. The van der Waals surface area contributed by atoms with Crippen molar-refractivity contribution in [3.63, 3.8) is 0 Å². The molecule has 14 heavy (non-hydrogen) atoms. The average molecular weight is 230 g/mol. The van der Waals surface area contributed by atoms with Crippen LogP contribution in [0.15, 0.2) is 23.1 Å². The number of anilines is 1. The van der Waals surface area contributed by atoms with E-state index in [0.29, 0.717) is 5.25 Å². The van der Waals surface area contributed by atoms with E-state index in [4.69, 9.17) is 17.3 Å². The van der Waals surface area contributed by atoms with Crippen molar-refractivity contribution in [2.75, 3.05) is 5.73 Å². The van der Waals surface area contributed by atoms with Crippen molar-refractivity contribution in [1.82, 2.24) is 0 Å². The van der Waals surface area contributed by atoms with Crippen molar-refractivity contribution in [2.24, 2.45) is 0 Å². The van der Waals surface area contributed by atoms with Gasteiger partial charge in [0.1, 0.15) is 0 Å². The molecule has 78 valence electrons. The van der Waals surface area contributed by atoms with E-state index in [1.54, 1.807) is 0 Å². The molecule has 0 amide bonds. The summed E-state index contributed by atoms with van der Waals surface area (Å²) in [6, 6.07) is 5.65. The lowest BCUT2D eigenvalue weighted by Gasteiger charge is -2.13. The molecule has 0 saturated heterocycles. The van der Waals surface area contributed by atoms with E-state index < -0.39 is 0 Å². The molecule has 0 spiro atoms. The summed E-state index contributed by atoms with van der Waals surface area (Å²) in [7, 11) is 0. The van der Waals surface area contributed by atoms with Crippen molar-refractivity contribution in [1.29, 1.82) is 0 Å². The number of nitrogens with two attached hydrogens (primary N) is 1. The molecule has 0 radical (unpaired) electrons. The molecule has 1 aromatic carbocycles. The first kappa shape index (κ1) is 11.7. The molecule has 0 atom stereocenters. The zero-order valence-electron chi connectivity index (χ0n) is 8.59. The van der Waals surface area contributed by atoms with Crippen LogP contribution in [0.5, 0.6) is 0 Å². The van der Waals surface area contributed by atoms with Crippen molar-refractivity contribution >= 4 is 29.1 Å².